The molecule has 0 aliphatic carbocycles. The van der Waals surface area contributed by atoms with Gasteiger partial charge in [-0.1, -0.05) is 12.1 Å². The number of likely N-dealkylation sites (tertiary alicyclic amines) is 1. The first kappa shape index (κ1) is 18.0. The van der Waals surface area contributed by atoms with Crippen molar-refractivity contribution in [2.24, 2.45) is 0 Å². The summed E-state index contributed by atoms with van der Waals surface area (Å²) in [6.45, 7) is 5.07. The summed E-state index contributed by atoms with van der Waals surface area (Å²) in [6.07, 6.45) is 6.43. The lowest BCUT2D eigenvalue weighted by molar-refractivity contribution is -0.121. The van der Waals surface area contributed by atoms with Crippen molar-refractivity contribution >= 4 is 16.8 Å². The van der Waals surface area contributed by atoms with Crippen molar-refractivity contribution < 1.29 is 9.90 Å². The standard InChI is InChI=1S/C20H29N3O2/c1-15-5-2-7-18-20(15)16(13-21-18)8-9-19(25)22-14-17-6-3-10-23(17)11-4-12-24/h2,5,7,13,17,21,24H,3-4,6,8-12,14H2,1H3,(H,22,25)/t17-/m1/s1. The minimum atomic E-state index is 0.122. The third-order valence-corrected chi connectivity index (χ3v) is 5.25. The zero-order chi connectivity index (χ0) is 17.6. The summed E-state index contributed by atoms with van der Waals surface area (Å²) in [5, 5.41) is 13.3. The van der Waals surface area contributed by atoms with Crippen LogP contribution >= 0.6 is 0 Å². The van der Waals surface area contributed by atoms with Crippen molar-refractivity contribution in [2.45, 2.75) is 45.1 Å². The molecule has 2 heterocycles. The first-order chi connectivity index (χ1) is 12.2. The van der Waals surface area contributed by atoms with E-state index in [2.05, 4.69) is 40.3 Å². The quantitative estimate of drug-likeness (QED) is 0.689. The molecule has 3 rings (SSSR count). The Hall–Kier alpha value is -1.85. The number of carbonyl (C=O) groups excluding carboxylic acids is 1. The second kappa shape index (κ2) is 8.50. The van der Waals surface area contributed by atoms with Gasteiger partial charge in [-0.3, -0.25) is 9.69 Å². The van der Waals surface area contributed by atoms with Gasteiger partial charge in [-0.05, 0) is 56.3 Å². The molecule has 0 radical (unpaired) electrons. The number of H-pyrrole nitrogens is 1. The number of benzene rings is 1. The molecule has 5 nitrogen and oxygen atoms in total. The Labute approximate surface area is 149 Å². The molecule has 1 aliphatic heterocycles. The predicted molar refractivity (Wildman–Crippen MR) is 101 cm³/mol. The summed E-state index contributed by atoms with van der Waals surface area (Å²) < 4.78 is 0. The first-order valence-electron chi connectivity index (χ1n) is 9.36. The summed E-state index contributed by atoms with van der Waals surface area (Å²) in [5.74, 6) is 0.122. The number of nitrogens with zero attached hydrogens (tertiary/aromatic N) is 1. The smallest absolute Gasteiger partial charge is 0.220 e. The third-order valence-electron chi connectivity index (χ3n) is 5.25. The van der Waals surface area contributed by atoms with Crippen LogP contribution in [0, 0.1) is 6.92 Å². The molecule has 25 heavy (non-hydrogen) atoms. The Morgan fingerprint density at radius 2 is 2.32 bits per heavy atom. The van der Waals surface area contributed by atoms with Gasteiger partial charge in [0.05, 0.1) is 0 Å². The number of amides is 1. The van der Waals surface area contributed by atoms with Gasteiger partial charge in [0.25, 0.3) is 0 Å². The zero-order valence-electron chi connectivity index (χ0n) is 15.1. The van der Waals surface area contributed by atoms with Crippen molar-refractivity contribution in [3.8, 4) is 0 Å². The van der Waals surface area contributed by atoms with Crippen molar-refractivity contribution in [1.29, 1.82) is 0 Å². The number of aromatic nitrogens is 1. The Kier molecular flexibility index (Phi) is 6.10. The van der Waals surface area contributed by atoms with Gasteiger partial charge >= 0.3 is 0 Å². The van der Waals surface area contributed by atoms with E-state index in [1.165, 1.54) is 22.9 Å². The highest BCUT2D eigenvalue weighted by Crippen LogP contribution is 2.23. The monoisotopic (exact) mass is 343 g/mol. The molecule has 0 spiro atoms. The van der Waals surface area contributed by atoms with Gasteiger partial charge in [-0.2, -0.15) is 0 Å². The van der Waals surface area contributed by atoms with Crippen LogP contribution in [0.2, 0.25) is 0 Å². The first-order valence-corrected chi connectivity index (χ1v) is 9.36. The molecule has 0 unspecified atom stereocenters. The Balaban J connectivity index is 1.48. The van der Waals surface area contributed by atoms with Gasteiger partial charge in [0, 0.05) is 49.3 Å². The van der Waals surface area contributed by atoms with Gasteiger partial charge in [-0.25, -0.2) is 0 Å². The van der Waals surface area contributed by atoms with Crippen molar-refractivity contribution in [3.05, 3.63) is 35.5 Å². The van der Waals surface area contributed by atoms with Crippen LogP contribution in [0.1, 0.15) is 36.8 Å². The molecule has 3 N–H and O–H groups in total. The van der Waals surface area contributed by atoms with Gasteiger partial charge in [0.15, 0.2) is 0 Å². The SMILES string of the molecule is Cc1cccc2[nH]cc(CCC(=O)NC[C@H]3CCCN3CCCO)c12. The second-order valence-electron chi connectivity index (χ2n) is 7.02. The van der Waals surface area contributed by atoms with E-state index in [4.69, 9.17) is 5.11 Å². The van der Waals surface area contributed by atoms with E-state index in [-0.39, 0.29) is 12.5 Å². The fourth-order valence-corrected chi connectivity index (χ4v) is 3.91. The molecule has 1 aromatic heterocycles. The van der Waals surface area contributed by atoms with Crippen LogP contribution in [0.15, 0.2) is 24.4 Å². The van der Waals surface area contributed by atoms with E-state index in [1.54, 1.807) is 0 Å². The molecule has 136 valence electrons. The van der Waals surface area contributed by atoms with Crippen LogP contribution in [-0.4, -0.2) is 53.2 Å². The summed E-state index contributed by atoms with van der Waals surface area (Å²) in [4.78, 5) is 17.9. The molecule has 1 fully saturated rings. The minimum absolute atomic E-state index is 0.122. The second-order valence-corrected chi connectivity index (χ2v) is 7.02. The van der Waals surface area contributed by atoms with E-state index in [1.807, 2.05) is 6.20 Å². The number of fused-ring (bicyclic) bond motifs is 1. The minimum Gasteiger partial charge on any atom is -0.396 e. The number of aliphatic hydroxyl groups is 1. The van der Waals surface area contributed by atoms with Crippen LogP contribution in [0.25, 0.3) is 10.9 Å². The predicted octanol–water partition coefficient (Wildman–Crippen LogP) is 2.37. The number of nitrogens with one attached hydrogen (secondary N) is 2. The molecule has 0 bridgehead atoms. The summed E-state index contributed by atoms with van der Waals surface area (Å²) in [6, 6.07) is 6.66. The lowest BCUT2D eigenvalue weighted by Gasteiger charge is -2.24. The summed E-state index contributed by atoms with van der Waals surface area (Å²) in [5.41, 5.74) is 3.61. The van der Waals surface area contributed by atoms with Crippen molar-refractivity contribution in [2.75, 3.05) is 26.2 Å². The van der Waals surface area contributed by atoms with Crippen LogP contribution < -0.4 is 5.32 Å². The average Bonchev–Trinajstić information content (AvgIpc) is 3.23. The number of aliphatic hydroxyl groups excluding tert-OH is 1. The number of aryl methyl sites for hydroxylation is 2. The van der Waals surface area contributed by atoms with E-state index in [0.717, 1.165) is 44.4 Å². The van der Waals surface area contributed by atoms with Crippen LogP contribution in [0.5, 0.6) is 0 Å². The van der Waals surface area contributed by atoms with E-state index in [0.29, 0.717) is 12.5 Å². The van der Waals surface area contributed by atoms with Crippen LogP contribution in [-0.2, 0) is 11.2 Å². The number of rotatable bonds is 8. The normalized spacial score (nSPS) is 18.1. The maximum absolute atomic E-state index is 12.3. The molecule has 5 heteroatoms. The highest BCUT2D eigenvalue weighted by atomic mass is 16.3. The highest BCUT2D eigenvalue weighted by molar-refractivity contribution is 5.87. The number of carbonyl (C=O) groups is 1. The van der Waals surface area contributed by atoms with E-state index < -0.39 is 0 Å². The Morgan fingerprint density at radius 1 is 1.44 bits per heavy atom. The molecule has 1 aromatic carbocycles. The molecule has 1 atom stereocenters. The maximum Gasteiger partial charge on any atom is 0.220 e. The summed E-state index contributed by atoms with van der Waals surface area (Å²) in [7, 11) is 0. The van der Waals surface area contributed by atoms with Gasteiger partial charge in [0.1, 0.15) is 0 Å². The van der Waals surface area contributed by atoms with Gasteiger partial charge < -0.3 is 15.4 Å². The van der Waals surface area contributed by atoms with Crippen molar-refractivity contribution in [1.82, 2.24) is 15.2 Å². The molecular formula is C20H29N3O2. The highest BCUT2D eigenvalue weighted by Gasteiger charge is 2.24. The Morgan fingerprint density at radius 3 is 3.16 bits per heavy atom. The topological polar surface area (TPSA) is 68.4 Å². The number of hydrogen-bond donors (Lipinski definition) is 3. The lowest BCUT2D eigenvalue weighted by atomic mass is 10.0. The van der Waals surface area contributed by atoms with Crippen LogP contribution in [0.4, 0.5) is 0 Å². The Bertz CT molecular complexity index is 710. The van der Waals surface area contributed by atoms with Gasteiger partial charge in [0.2, 0.25) is 5.91 Å². The van der Waals surface area contributed by atoms with E-state index in [9.17, 15) is 4.79 Å². The molecule has 2 aromatic rings. The lowest BCUT2D eigenvalue weighted by Crippen LogP contribution is -2.40. The number of aromatic amines is 1. The molecular weight excluding hydrogens is 314 g/mol. The molecule has 1 saturated heterocycles. The molecule has 0 saturated carbocycles. The number of hydrogen-bond acceptors (Lipinski definition) is 3. The maximum atomic E-state index is 12.3. The van der Waals surface area contributed by atoms with Crippen LogP contribution in [0.3, 0.4) is 0 Å². The summed E-state index contributed by atoms with van der Waals surface area (Å²) >= 11 is 0. The van der Waals surface area contributed by atoms with E-state index >= 15 is 0 Å². The molecule has 1 amide bonds. The average molecular weight is 343 g/mol. The largest absolute Gasteiger partial charge is 0.396 e. The third kappa shape index (κ3) is 4.41. The fourth-order valence-electron chi connectivity index (χ4n) is 3.91. The zero-order valence-corrected chi connectivity index (χ0v) is 15.1. The molecule has 1 aliphatic rings. The fraction of sp³-hybridized carbons (Fsp3) is 0.550. The van der Waals surface area contributed by atoms with Crippen molar-refractivity contribution in [3.63, 3.8) is 0 Å². The van der Waals surface area contributed by atoms with Gasteiger partial charge in [-0.15, -0.1) is 0 Å².